The molecule has 10 heteroatoms. The number of hydrogen-bond donors (Lipinski definition) is 2. The average molecular weight is 477 g/mol. The van der Waals surface area contributed by atoms with Crippen LogP contribution in [0.25, 0.3) is 0 Å². The number of aromatic carboxylic acids is 1. The van der Waals surface area contributed by atoms with Crippen molar-refractivity contribution in [2.45, 2.75) is 38.3 Å². The zero-order valence-electron chi connectivity index (χ0n) is 18.0. The van der Waals surface area contributed by atoms with Crippen molar-refractivity contribution in [1.29, 1.82) is 0 Å². The third kappa shape index (κ3) is 5.23. The third-order valence-electron chi connectivity index (χ3n) is 4.84. The lowest BCUT2D eigenvalue weighted by Gasteiger charge is -2.22. The average Bonchev–Trinajstić information content (AvgIpc) is 3.06. The van der Waals surface area contributed by atoms with Crippen LogP contribution in [0.2, 0.25) is 5.02 Å². The predicted molar refractivity (Wildman–Crippen MR) is 125 cm³/mol. The molecule has 0 fully saturated rings. The van der Waals surface area contributed by atoms with Crippen molar-refractivity contribution in [3.63, 3.8) is 0 Å². The van der Waals surface area contributed by atoms with E-state index >= 15 is 0 Å². The highest BCUT2D eigenvalue weighted by molar-refractivity contribution is 7.92. The van der Waals surface area contributed by atoms with Crippen LogP contribution in [0.4, 0.5) is 11.4 Å². The summed E-state index contributed by atoms with van der Waals surface area (Å²) in [6, 6.07) is 12.4. The number of sulfonamides is 1. The number of nitrogens with one attached hydrogen (secondary N) is 1. The molecular weight excluding hydrogens is 452 g/mol. The van der Waals surface area contributed by atoms with Gasteiger partial charge in [0.15, 0.2) is 0 Å². The molecular formula is C22H25ClN4O4S. The minimum absolute atomic E-state index is 0.0230. The van der Waals surface area contributed by atoms with Crippen molar-refractivity contribution < 1.29 is 18.3 Å². The maximum Gasteiger partial charge on any atom is 0.337 e. The summed E-state index contributed by atoms with van der Waals surface area (Å²) in [5, 5.41) is 14.3. The van der Waals surface area contributed by atoms with Crippen molar-refractivity contribution in [1.82, 2.24) is 9.78 Å². The van der Waals surface area contributed by atoms with Crippen LogP contribution in [0.3, 0.4) is 0 Å². The van der Waals surface area contributed by atoms with Gasteiger partial charge >= 0.3 is 5.97 Å². The van der Waals surface area contributed by atoms with Crippen molar-refractivity contribution in [2.75, 3.05) is 16.7 Å². The molecule has 0 bridgehead atoms. The number of carboxylic acid groups (broad SMARTS) is 1. The molecule has 0 spiro atoms. The van der Waals surface area contributed by atoms with E-state index in [0.717, 1.165) is 24.4 Å². The molecule has 32 heavy (non-hydrogen) atoms. The molecule has 0 aliphatic rings. The fourth-order valence-electron chi connectivity index (χ4n) is 3.44. The molecule has 1 heterocycles. The van der Waals surface area contributed by atoms with Gasteiger partial charge < -0.3 is 10.0 Å². The summed E-state index contributed by atoms with van der Waals surface area (Å²) in [4.78, 5) is 13.7. The van der Waals surface area contributed by atoms with Crippen molar-refractivity contribution >= 4 is 39.0 Å². The van der Waals surface area contributed by atoms with E-state index in [9.17, 15) is 18.3 Å². The Kier molecular flexibility index (Phi) is 7.10. The van der Waals surface area contributed by atoms with Gasteiger partial charge in [-0.05, 0) is 49.7 Å². The first-order valence-corrected chi connectivity index (χ1v) is 11.9. The predicted octanol–water partition coefficient (Wildman–Crippen LogP) is 4.39. The molecule has 0 saturated carbocycles. The summed E-state index contributed by atoms with van der Waals surface area (Å²) in [6.45, 7) is 5.20. The van der Waals surface area contributed by atoms with Crippen LogP contribution in [0.15, 0.2) is 53.4 Å². The highest BCUT2D eigenvalue weighted by Gasteiger charge is 2.21. The topological polar surface area (TPSA) is 105 Å². The molecule has 170 valence electrons. The minimum Gasteiger partial charge on any atom is -0.478 e. The number of aryl methyl sites for hydroxylation is 2. The second kappa shape index (κ2) is 9.62. The summed E-state index contributed by atoms with van der Waals surface area (Å²) >= 11 is 6.01. The number of carbonyl (C=O) groups is 1. The largest absolute Gasteiger partial charge is 0.478 e. The number of halogens is 1. The van der Waals surface area contributed by atoms with E-state index in [1.54, 1.807) is 30.1 Å². The summed E-state index contributed by atoms with van der Waals surface area (Å²) in [5.41, 5.74) is 2.42. The third-order valence-corrected chi connectivity index (χ3v) is 6.72. The van der Waals surface area contributed by atoms with Crippen LogP contribution in [-0.2, 0) is 23.1 Å². The smallest absolute Gasteiger partial charge is 0.337 e. The number of rotatable bonds is 9. The van der Waals surface area contributed by atoms with Gasteiger partial charge in [-0.2, -0.15) is 5.10 Å². The van der Waals surface area contributed by atoms with E-state index in [1.807, 2.05) is 17.7 Å². The molecule has 0 saturated heterocycles. The lowest BCUT2D eigenvalue weighted by molar-refractivity contribution is 0.0697. The summed E-state index contributed by atoms with van der Waals surface area (Å²) in [7, 11) is -2.19. The molecule has 1 aromatic heterocycles. The van der Waals surface area contributed by atoms with E-state index < -0.39 is 16.0 Å². The van der Waals surface area contributed by atoms with E-state index in [2.05, 4.69) is 16.7 Å². The highest BCUT2D eigenvalue weighted by atomic mass is 35.5. The SMILES string of the molecule is CCCn1nc(C)cc1CN(C)c1ccc(NS(=O)(=O)c2ccccc2Cl)cc1C(=O)O. The second-order valence-electron chi connectivity index (χ2n) is 7.43. The van der Waals surface area contributed by atoms with E-state index in [1.165, 1.54) is 24.3 Å². The molecule has 0 radical (unpaired) electrons. The number of carboxylic acids is 1. The first-order valence-electron chi connectivity index (χ1n) is 10.0. The van der Waals surface area contributed by atoms with Crippen molar-refractivity contribution in [3.05, 3.63) is 70.5 Å². The lowest BCUT2D eigenvalue weighted by atomic mass is 10.1. The van der Waals surface area contributed by atoms with Crippen molar-refractivity contribution in [2.24, 2.45) is 0 Å². The molecule has 0 aliphatic heterocycles. The normalized spacial score (nSPS) is 11.4. The fourth-order valence-corrected chi connectivity index (χ4v) is 5.01. The molecule has 0 unspecified atom stereocenters. The number of anilines is 2. The summed E-state index contributed by atoms with van der Waals surface area (Å²) < 4.78 is 29.7. The fraction of sp³-hybridized carbons (Fsp3) is 0.273. The molecule has 0 amide bonds. The Bertz CT molecular complexity index is 1240. The Morgan fingerprint density at radius 2 is 1.94 bits per heavy atom. The van der Waals surface area contributed by atoms with Gasteiger partial charge in [0.25, 0.3) is 10.0 Å². The molecule has 8 nitrogen and oxygen atoms in total. The molecule has 2 N–H and O–H groups in total. The van der Waals surface area contributed by atoms with Crippen LogP contribution in [-0.4, -0.2) is 36.3 Å². The van der Waals surface area contributed by atoms with Crippen LogP contribution < -0.4 is 9.62 Å². The molecule has 3 rings (SSSR count). The lowest BCUT2D eigenvalue weighted by Crippen LogP contribution is -2.22. The maximum atomic E-state index is 12.7. The first kappa shape index (κ1) is 23.6. The molecule has 0 atom stereocenters. The standard InChI is InChI=1S/C22H25ClN4O4S/c1-4-11-27-17(12-15(2)24-27)14-26(3)20-10-9-16(13-18(20)22(28)29)25-32(30,31)21-8-6-5-7-19(21)23/h5-10,12-13,25H,4,11,14H2,1-3H3,(H,28,29). The number of benzene rings is 2. The van der Waals surface area contributed by atoms with Gasteiger partial charge in [-0.15, -0.1) is 0 Å². The van der Waals surface area contributed by atoms with E-state index in [-0.39, 0.29) is 21.2 Å². The number of hydrogen-bond acceptors (Lipinski definition) is 5. The summed E-state index contributed by atoms with van der Waals surface area (Å²) in [6.07, 6.45) is 0.929. The first-order chi connectivity index (χ1) is 15.1. The highest BCUT2D eigenvalue weighted by Crippen LogP contribution is 2.28. The Labute approximate surface area is 192 Å². The Morgan fingerprint density at radius 3 is 2.59 bits per heavy atom. The van der Waals surface area contributed by atoms with Gasteiger partial charge in [-0.3, -0.25) is 9.40 Å². The van der Waals surface area contributed by atoms with Gasteiger partial charge in [0, 0.05) is 19.3 Å². The minimum atomic E-state index is -3.98. The number of aromatic nitrogens is 2. The Morgan fingerprint density at radius 1 is 1.22 bits per heavy atom. The Hall–Kier alpha value is -3.04. The van der Waals surface area contributed by atoms with Crippen LogP contribution >= 0.6 is 11.6 Å². The van der Waals surface area contributed by atoms with E-state index in [0.29, 0.717) is 12.2 Å². The summed E-state index contributed by atoms with van der Waals surface area (Å²) in [5.74, 6) is -1.16. The van der Waals surface area contributed by atoms with Gasteiger partial charge in [0.1, 0.15) is 4.90 Å². The quantitative estimate of drug-likeness (QED) is 0.474. The number of nitrogens with zero attached hydrogens (tertiary/aromatic N) is 3. The monoisotopic (exact) mass is 476 g/mol. The van der Waals surface area contributed by atoms with Crippen LogP contribution in [0, 0.1) is 6.92 Å². The zero-order valence-corrected chi connectivity index (χ0v) is 19.6. The van der Waals surface area contributed by atoms with Gasteiger partial charge in [0.2, 0.25) is 0 Å². The maximum absolute atomic E-state index is 12.7. The van der Waals surface area contributed by atoms with Crippen molar-refractivity contribution in [3.8, 4) is 0 Å². The molecule has 3 aromatic rings. The van der Waals surface area contributed by atoms with Gasteiger partial charge in [0.05, 0.1) is 34.2 Å². The molecule has 0 aliphatic carbocycles. The van der Waals surface area contributed by atoms with E-state index in [4.69, 9.17) is 11.6 Å². The zero-order chi connectivity index (χ0) is 23.5. The Balaban J connectivity index is 1.90. The molecule has 2 aromatic carbocycles. The van der Waals surface area contributed by atoms with Gasteiger partial charge in [-0.25, -0.2) is 13.2 Å². The van der Waals surface area contributed by atoms with Gasteiger partial charge in [-0.1, -0.05) is 30.7 Å². The van der Waals surface area contributed by atoms with Crippen LogP contribution in [0.1, 0.15) is 35.1 Å². The second-order valence-corrected chi connectivity index (χ2v) is 9.49. The van der Waals surface area contributed by atoms with Crippen LogP contribution in [0.5, 0.6) is 0 Å².